The topological polar surface area (TPSA) is 161 Å². The molecular weight excluding hydrogens is 631 g/mol. The number of hydrogen-bond acceptors (Lipinski definition) is 8. The molecule has 6 radical (unpaired) electrons. The van der Waals surface area contributed by atoms with Crippen LogP contribution in [0.5, 0.6) is 0 Å². The second-order valence-corrected chi connectivity index (χ2v) is 21.5. The van der Waals surface area contributed by atoms with Crippen LogP contribution < -0.4 is 20.4 Å². The Kier molecular flexibility index (Phi) is 27.5. The first-order valence-corrected chi connectivity index (χ1v) is 17.8. The van der Waals surface area contributed by atoms with Crippen LogP contribution in [-0.4, -0.2) is 45.0 Å². The van der Waals surface area contributed by atoms with Crippen LogP contribution in [0.15, 0.2) is 23.3 Å². The van der Waals surface area contributed by atoms with Crippen LogP contribution >= 0.6 is 0 Å². The van der Waals surface area contributed by atoms with Crippen LogP contribution in [0.1, 0.15) is 145 Å². The maximum atomic E-state index is 10.5. The number of carbonyl (C=O) groups is 4. The number of carboxylic acid groups (broad SMARTS) is 4. The summed E-state index contributed by atoms with van der Waals surface area (Å²) in [4.78, 5) is 41.5. The average Bonchev–Trinajstić information content (AvgIpc) is 2.79. The van der Waals surface area contributed by atoms with Crippen LogP contribution in [-0.2, 0) is 19.2 Å². The Morgan fingerprint density at radius 2 is 0.780 bits per heavy atom. The molecule has 0 rings (SSSR count). The number of hydrogen-bond donors (Lipinski definition) is 0. The summed E-state index contributed by atoms with van der Waals surface area (Å²) in [5.41, 5.74) is -0.369. The molecule has 0 unspecified atom stereocenters. The predicted molar refractivity (Wildman–Crippen MR) is 157 cm³/mol. The molecule has 0 aromatic carbocycles. The summed E-state index contributed by atoms with van der Waals surface area (Å²) in [6, 6.07) is 0. The van der Waals surface area contributed by atoms with E-state index in [1.807, 2.05) is 0 Å². The molecular formula is C32H54O8Sn. The van der Waals surface area contributed by atoms with Gasteiger partial charge in [-0.15, -0.1) is 0 Å². The Balaban J connectivity index is -0.000000551. The molecule has 0 atom stereocenters. The van der Waals surface area contributed by atoms with E-state index in [0.717, 1.165) is 51.4 Å². The number of carboxylic acids is 4. The number of rotatable bonds is 18. The van der Waals surface area contributed by atoms with E-state index < -0.39 is 23.9 Å². The molecule has 0 saturated heterocycles. The zero-order chi connectivity index (χ0) is 32.5. The van der Waals surface area contributed by atoms with E-state index in [1.165, 1.54) is 12.8 Å². The van der Waals surface area contributed by atoms with Gasteiger partial charge in [0.15, 0.2) is 0 Å². The third-order valence-corrected chi connectivity index (χ3v) is 9.74. The zero-order valence-corrected chi connectivity index (χ0v) is 29.7. The molecule has 0 aliphatic rings. The number of carbonyl (C=O) groups excluding carboxylic acids is 4. The monoisotopic (exact) mass is 686 g/mol. The van der Waals surface area contributed by atoms with Crippen molar-refractivity contribution in [1.82, 2.24) is 0 Å². The minimum absolute atomic E-state index is 0.182. The van der Waals surface area contributed by atoms with Gasteiger partial charge < -0.3 is 39.6 Å². The molecule has 0 aliphatic heterocycles. The second kappa shape index (κ2) is 25.8. The second-order valence-electron chi connectivity index (χ2n) is 12.2. The molecule has 0 bridgehead atoms. The summed E-state index contributed by atoms with van der Waals surface area (Å²) >= 11 is -0.182. The first-order valence-electron chi connectivity index (χ1n) is 14.9. The summed E-state index contributed by atoms with van der Waals surface area (Å²) in [6.45, 7) is 18.4. The maximum absolute atomic E-state index is 10.5. The van der Waals surface area contributed by atoms with Crippen molar-refractivity contribution in [3.8, 4) is 0 Å². The van der Waals surface area contributed by atoms with Crippen molar-refractivity contribution in [1.29, 1.82) is 0 Å². The zero-order valence-electron chi connectivity index (χ0n) is 26.8. The summed E-state index contributed by atoms with van der Waals surface area (Å²) in [7, 11) is 0. The van der Waals surface area contributed by atoms with Gasteiger partial charge in [-0.25, -0.2) is 0 Å². The van der Waals surface area contributed by atoms with Crippen molar-refractivity contribution in [3.63, 3.8) is 0 Å². The molecule has 9 heteroatoms. The molecule has 41 heavy (non-hydrogen) atoms. The summed E-state index contributed by atoms with van der Waals surface area (Å²) in [6.07, 6.45) is 14.0. The van der Waals surface area contributed by atoms with Crippen molar-refractivity contribution in [2.45, 2.75) is 152 Å². The molecule has 0 fully saturated rings. The summed E-state index contributed by atoms with van der Waals surface area (Å²) in [5.74, 6) is -5.80. The van der Waals surface area contributed by atoms with E-state index in [9.17, 15) is 39.6 Å². The van der Waals surface area contributed by atoms with Gasteiger partial charge in [-0.05, 0) is 49.0 Å². The van der Waals surface area contributed by atoms with E-state index >= 15 is 0 Å². The fraction of sp³-hybridized carbons (Fsp3) is 0.750. The Morgan fingerprint density at radius 3 is 0.976 bits per heavy atom. The fourth-order valence-electron chi connectivity index (χ4n) is 4.07. The molecule has 0 spiro atoms. The SMILES string of the molecule is CCCCCCCC/C(=C/C(=O)[O-])C(=O)[O-].CCCCCCCC/C(=C/C(=O)[O-])C(=O)[O-].C[C](C)(C)[Sn+4][C](C)(C)C. The molecule has 8 nitrogen and oxygen atoms in total. The van der Waals surface area contributed by atoms with Gasteiger partial charge in [0.1, 0.15) is 0 Å². The van der Waals surface area contributed by atoms with Gasteiger partial charge in [0.05, 0.1) is 23.9 Å². The van der Waals surface area contributed by atoms with Gasteiger partial charge in [0.2, 0.25) is 0 Å². The van der Waals surface area contributed by atoms with Crippen molar-refractivity contribution < 1.29 is 39.6 Å². The Labute approximate surface area is 259 Å². The normalized spacial score (nSPS) is 12.0. The van der Waals surface area contributed by atoms with Gasteiger partial charge in [0.25, 0.3) is 0 Å². The molecule has 0 aromatic heterocycles. The Hall–Kier alpha value is -1.84. The van der Waals surface area contributed by atoms with Crippen LogP contribution in [0, 0.1) is 0 Å². The Morgan fingerprint density at radius 1 is 0.512 bits per heavy atom. The minimum atomic E-state index is -1.48. The molecule has 0 heterocycles. The van der Waals surface area contributed by atoms with Gasteiger partial charge >= 0.3 is 69.5 Å². The molecule has 0 saturated carbocycles. The molecule has 0 amide bonds. The van der Waals surface area contributed by atoms with Crippen molar-refractivity contribution in [2.75, 3.05) is 0 Å². The molecule has 0 N–H and O–H groups in total. The van der Waals surface area contributed by atoms with E-state index in [0.29, 0.717) is 31.9 Å². The molecule has 234 valence electrons. The number of aliphatic carboxylic acids is 4. The van der Waals surface area contributed by atoms with E-state index in [2.05, 4.69) is 55.4 Å². The Bertz CT molecular complexity index is 735. The third kappa shape index (κ3) is 38.2. The van der Waals surface area contributed by atoms with Gasteiger partial charge in [-0.3, -0.25) is 0 Å². The third-order valence-electron chi connectivity index (χ3n) is 5.46. The summed E-state index contributed by atoms with van der Waals surface area (Å²) in [5, 5.41) is 41.5. The van der Waals surface area contributed by atoms with Gasteiger partial charge in [-0.1, -0.05) is 78.1 Å². The van der Waals surface area contributed by atoms with Gasteiger partial charge in [0, 0.05) is 0 Å². The van der Waals surface area contributed by atoms with E-state index in [-0.39, 0.29) is 45.1 Å². The number of unbranched alkanes of at least 4 members (excludes halogenated alkanes) is 10. The van der Waals surface area contributed by atoms with Crippen LogP contribution in [0.4, 0.5) is 0 Å². The quantitative estimate of drug-likeness (QED) is 0.121. The summed E-state index contributed by atoms with van der Waals surface area (Å²) < 4.78 is 1.31. The van der Waals surface area contributed by atoms with Crippen molar-refractivity contribution >= 4 is 45.0 Å². The first kappa shape index (κ1) is 43.6. The average molecular weight is 685 g/mol. The van der Waals surface area contributed by atoms with Crippen molar-refractivity contribution in [3.05, 3.63) is 23.3 Å². The first-order chi connectivity index (χ1) is 18.9. The fourth-order valence-corrected chi connectivity index (χ4v) is 10.5. The van der Waals surface area contributed by atoms with E-state index in [4.69, 9.17) is 0 Å². The van der Waals surface area contributed by atoms with Crippen LogP contribution in [0.3, 0.4) is 0 Å². The van der Waals surface area contributed by atoms with E-state index in [1.54, 1.807) is 0 Å². The predicted octanol–water partition coefficient (Wildman–Crippen LogP) is 3.45. The van der Waals surface area contributed by atoms with Gasteiger partial charge in [-0.2, -0.15) is 0 Å². The molecule has 0 aliphatic carbocycles. The van der Waals surface area contributed by atoms with Crippen LogP contribution in [0.25, 0.3) is 0 Å². The standard InChI is InChI=1S/2C12H20O4.2C4H9.Sn/c2*1-2-3-4-5-6-7-8-10(12(15)16)9-11(13)14;2*1-4(2)3;/h2*9H,2-8H2,1H3,(H,13,14)(H,15,16);2*1-3H3;/q;;;;+4/p-4/b2*10-9-;;;. The molecule has 0 aromatic rings. The van der Waals surface area contributed by atoms with Crippen LogP contribution in [0.2, 0.25) is 6.86 Å². The van der Waals surface area contributed by atoms with Crippen molar-refractivity contribution in [2.24, 2.45) is 0 Å².